The summed E-state index contributed by atoms with van der Waals surface area (Å²) >= 11 is 5.68. The number of hydrogen-bond donors (Lipinski definition) is 1. The van der Waals surface area contributed by atoms with Gasteiger partial charge in [-0.25, -0.2) is 13.6 Å². The maximum atomic E-state index is 13.9. The molecule has 0 radical (unpaired) electrons. The van der Waals surface area contributed by atoms with Crippen LogP contribution in [0.25, 0.3) is 11.5 Å². The predicted octanol–water partition coefficient (Wildman–Crippen LogP) is 3.29. The number of carboxylic acid groups (broad SMARTS) is 1. The van der Waals surface area contributed by atoms with Gasteiger partial charge in [-0.05, 0) is 12.1 Å². The van der Waals surface area contributed by atoms with Gasteiger partial charge in [0.1, 0.15) is 12.2 Å². The Morgan fingerprint density at radius 2 is 2.23 bits per heavy atom. The maximum Gasteiger partial charge on any atom is 0.408 e. The first-order chi connectivity index (χ1) is 10.5. The van der Waals surface area contributed by atoms with Crippen LogP contribution in [0.2, 0.25) is 5.02 Å². The molecule has 2 aromatic rings. The van der Waals surface area contributed by atoms with Crippen LogP contribution in [-0.4, -0.2) is 39.0 Å². The van der Waals surface area contributed by atoms with Crippen LogP contribution in [0.5, 0.6) is 0 Å². The van der Waals surface area contributed by atoms with Crippen LogP contribution in [0.15, 0.2) is 22.6 Å². The molecule has 1 aliphatic rings. The Kier molecular flexibility index (Phi) is 3.69. The van der Waals surface area contributed by atoms with Crippen LogP contribution in [0.3, 0.4) is 0 Å². The van der Waals surface area contributed by atoms with Gasteiger partial charge in [0.2, 0.25) is 5.89 Å². The van der Waals surface area contributed by atoms with E-state index in [9.17, 15) is 13.6 Å². The lowest BCUT2D eigenvalue weighted by molar-refractivity contribution is 0.132. The highest BCUT2D eigenvalue weighted by atomic mass is 35.5. The number of halogens is 3. The number of benzene rings is 1. The van der Waals surface area contributed by atoms with E-state index in [1.807, 2.05) is 0 Å². The standard InChI is InChI=1S/C13H10ClF2N3O3/c14-8-3-1-2-7(10(8)16)11-17-18-12(22-11)9-4-6(15)5-19(9)13(20)21/h1-3,6,9H,4-5H2,(H,20,21)/t6-,9+/m1/s1. The largest absolute Gasteiger partial charge is 0.465 e. The first-order valence-corrected chi connectivity index (χ1v) is 6.76. The summed E-state index contributed by atoms with van der Waals surface area (Å²) in [6.45, 7) is -0.261. The molecule has 2 heterocycles. The van der Waals surface area contributed by atoms with Gasteiger partial charge < -0.3 is 9.52 Å². The Labute approximate surface area is 128 Å². The number of alkyl halides is 1. The van der Waals surface area contributed by atoms with Crippen molar-refractivity contribution in [2.75, 3.05) is 6.54 Å². The van der Waals surface area contributed by atoms with Gasteiger partial charge >= 0.3 is 6.09 Å². The second-order valence-electron chi connectivity index (χ2n) is 4.83. The third-order valence-corrected chi connectivity index (χ3v) is 3.70. The molecule has 3 rings (SSSR count). The topological polar surface area (TPSA) is 79.5 Å². The Hall–Kier alpha value is -2.22. The number of likely N-dealkylation sites (tertiary alicyclic amines) is 1. The molecule has 1 amide bonds. The van der Waals surface area contributed by atoms with E-state index < -0.39 is 24.1 Å². The molecular weight excluding hydrogens is 320 g/mol. The van der Waals surface area contributed by atoms with Crippen molar-refractivity contribution in [1.29, 1.82) is 0 Å². The highest BCUT2D eigenvalue weighted by Crippen LogP contribution is 2.35. The lowest BCUT2D eigenvalue weighted by Crippen LogP contribution is -2.29. The van der Waals surface area contributed by atoms with Gasteiger partial charge in [-0.3, -0.25) is 4.90 Å². The van der Waals surface area contributed by atoms with Gasteiger partial charge in [0.15, 0.2) is 5.82 Å². The Morgan fingerprint density at radius 3 is 2.95 bits per heavy atom. The normalized spacial score (nSPS) is 21.3. The summed E-state index contributed by atoms with van der Waals surface area (Å²) in [5.74, 6) is -0.927. The van der Waals surface area contributed by atoms with Crippen LogP contribution in [0.4, 0.5) is 13.6 Å². The molecule has 1 N–H and O–H groups in total. The third-order valence-electron chi connectivity index (χ3n) is 3.40. The van der Waals surface area contributed by atoms with Gasteiger partial charge in [0.25, 0.3) is 5.89 Å². The lowest BCUT2D eigenvalue weighted by Gasteiger charge is -2.17. The molecule has 22 heavy (non-hydrogen) atoms. The summed E-state index contributed by atoms with van der Waals surface area (Å²) in [4.78, 5) is 12.0. The molecule has 0 unspecified atom stereocenters. The van der Waals surface area contributed by atoms with E-state index in [0.717, 1.165) is 4.90 Å². The fourth-order valence-electron chi connectivity index (χ4n) is 2.38. The summed E-state index contributed by atoms with van der Waals surface area (Å²) in [6, 6.07) is 3.41. The predicted molar refractivity (Wildman–Crippen MR) is 71.7 cm³/mol. The molecule has 2 atom stereocenters. The average molecular weight is 330 g/mol. The van der Waals surface area contributed by atoms with Crippen LogP contribution in [0, 0.1) is 5.82 Å². The highest BCUT2D eigenvalue weighted by molar-refractivity contribution is 6.31. The van der Waals surface area contributed by atoms with Gasteiger partial charge in [-0.1, -0.05) is 17.7 Å². The van der Waals surface area contributed by atoms with Crippen molar-refractivity contribution in [3.63, 3.8) is 0 Å². The monoisotopic (exact) mass is 329 g/mol. The first kappa shape index (κ1) is 14.7. The molecular formula is C13H10ClF2N3O3. The SMILES string of the molecule is O=C(O)N1C[C@H](F)C[C@H]1c1nnc(-c2cccc(Cl)c2F)o1. The van der Waals surface area contributed by atoms with Gasteiger partial charge in [-0.2, -0.15) is 0 Å². The van der Waals surface area contributed by atoms with Crippen molar-refractivity contribution >= 4 is 17.7 Å². The Bertz CT molecular complexity index is 724. The number of carbonyl (C=O) groups is 1. The smallest absolute Gasteiger partial charge is 0.408 e. The zero-order valence-corrected chi connectivity index (χ0v) is 11.8. The second-order valence-corrected chi connectivity index (χ2v) is 5.24. The maximum absolute atomic E-state index is 13.9. The minimum absolute atomic E-state index is 0.00270. The van der Waals surface area contributed by atoms with E-state index >= 15 is 0 Å². The quantitative estimate of drug-likeness (QED) is 0.914. The Balaban J connectivity index is 1.94. The number of nitrogens with zero attached hydrogens (tertiary/aromatic N) is 3. The molecule has 0 saturated carbocycles. The van der Waals surface area contributed by atoms with Crippen LogP contribution in [-0.2, 0) is 0 Å². The molecule has 116 valence electrons. The summed E-state index contributed by atoms with van der Waals surface area (Å²) in [5, 5.41) is 16.4. The van der Waals surface area contributed by atoms with E-state index in [0.29, 0.717) is 0 Å². The molecule has 6 nitrogen and oxygen atoms in total. The molecule has 1 aromatic heterocycles. The van der Waals surface area contributed by atoms with E-state index in [1.54, 1.807) is 0 Å². The molecule has 0 bridgehead atoms. The highest BCUT2D eigenvalue weighted by Gasteiger charge is 2.39. The fraction of sp³-hybridized carbons (Fsp3) is 0.308. The van der Waals surface area contributed by atoms with Crippen molar-refractivity contribution in [2.45, 2.75) is 18.6 Å². The van der Waals surface area contributed by atoms with Crippen molar-refractivity contribution in [2.24, 2.45) is 0 Å². The molecule has 0 spiro atoms. The number of rotatable bonds is 2. The zero-order chi connectivity index (χ0) is 15.9. The van der Waals surface area contributed by atoms with Gasteiger partial charge in [0.05, 0.1) is 17.1 Å². The molecule has 1 aromatic carbocycles. The van der Waals surface area contributed by atoms with E-state index in [1.165, 1.54) is 18.2 Å². The first-order valence-electron chi connectivity index (χ1n) is 6.38. The summed E-state index contributed by atoms with van der Waals surface area (Å²) in [6.07, 6.45) is -2.66. The van der Waals surface area contributed by atoms with Crippen molar-refractivity contribution in [1.82, 2.24) is 15.1 Å². The molecule has 1 aliphatic heterocycles. The molecule has 0 aliphatic carbocycles. The second kappa shape index (κ2) is 5.53. The van der Waals surface area contributed by atoms with Crippen molar-refractivity contribution in [3.8, 4) is 11.5 Å². The van der Waals surface area contributed by atoms with Gasteiger partial charge in [-0.15, -0.1) is 10.2 Å². The summed E-state index contributed by atoms with van der Waals surface area (Å²) in [5.41, 5.74) is 0.00270. The van der Waals surface area contributed by atoms with E-state index in [-0.39, 0.29) is 35.3 Å². The minimum Gasteiger partial charge on any atom is -0.465 e. The zero-order valence-electron chi connectivity index (χ0n) is 11.0. The molecule has 9 heteroatoms. The average Bonchev–Trinajstić information content (AvgIpc) is 3.08. The van der Waals surface area contributed by atoms with Crippen molar-refractivity contribution in [3.05, 3.63) is 34.9 Å². The van der Waals surface area contributed by atoms with Crippen LogP contribution >= 0.6 is 11.6 Å². The van der Waals surface area contributed by atoms with Crippen molar-refractivity contribution < 1.29 is 23.1 Å². The van der Waals surface area contributed by atoms with E-state index in [4.69, 9.17) is 21.1 Å². The van der Waals surface area contributed by atoms with Gasteiger partial charge in [0, 0.05) is 6.42 Å². The minimum atomic E-state index is -1.31. The molecule has 1 saturated heterocycles. The van der Waals surface area contributed by atoms with Crippen LogP contribution < -0.4 is 0 Å². The molecule has 1 fully saturated rings. The lowest BCUT2D eigenvalue weighted by atomic mass is 10.2. The summed E-state index contributed by atoms with van der Waals surface area (Å²) < 4.78 is 32.7. The number of amides is 1. The van der Waals surface area contributed by atoms with Crippen LogP contribution in [0.1, 0.15) is 18.4 Å². The third kappa shape index (κ3) is 2.50. The van der Waals surface area contributed by atoms with E-state index in [2.05, 4.69) is 10.2 Å². The fourth-order valence-corrected chi connectivity index (χ4v) is 2.55. The summed E-state index contributed by atoms with van der Waals surface area (Å²) in [7, 11) is 0. The number of aromatic nitrogens is 2. The number of hydrogen-bond acceptors (Lipinski definition) is 4. The Morgan fingerprint density at radius 1 is 1.45 bits per heavy atom.